The molecule has 0 spiro atoms. The lowest BCUT2D eigenvalue weighted by molar-refractivity contribution is -0.126. The summed E-state index contributed by atoms with van der Waals surface area (Å²) >= 11 is 0. The third kappa shape index (κ3) is 4.07. The van der Waals surface area contributed by atoms with E-state index in [-0.39, 0.29) is 17.9 Å². The number of rotatable bonds is 5. The van der Waals surface area contributed by atoms with Gasteiger partial charge >= 0.3 is 0 Å². The van der Waals surface area contributed by atoms with Crippen molar-refractivity contribution in [3.05, 3.63) is 78.1 Å². The van der Waals surface area contributed by atoms with E-state index in [0.717, 1.165) is 49.1 Å². The molecule has 0 bridgehead atoms. The highest BCUT2D eigenvalue weighted by Crippen LogP contribution is 2.27. The van der Waals surface area contributed by atoms with Gasteiger partial charge in [-0.05, 0) is 54.3 Å². The van der Waals surface area contributed by atoms with Gasteiger partial charge in [-0.3, -0.25) is 4.79 Å². The largest absolute Gasteiger partial charge is 0.346 e. The molecule has 5 rings (SSSR count). The van der Waals surface area contributed by atoms with Gasteiger partial charge in [0, 0.05) is 12.5 Å². The average Bonchev–Trinajstić information content (AvgIpc) is 3.18. The van der Waals surface area contributed by atoms with Crippen LogP contribution in [0.1, 0.15) is 56.5 Å². The minimum atomic E-state index is -0.137. The molecular formula is C27H29N3O. The number of fused-ring (bicyclic) bond motifs is 2. The van der Waals surface area contributed by atoms with Crippen molar-refractivity contribution in [1.82, 2.24) is 14.9 Å². The lowest BCUT2D eigenvalue weighted by Gasteiger charge is -2.23. The first-order valence-electron chi connectivity index (χ1n) is 11.4. The summed E-state index contributed by atoms with van der Waals surface area (Å²) in [5.41, 5.74) is 3.30. The third-order valence-corrected chi connectivity index (χ3v) is 6.56. The van der Waals surface area contributed by atoms with Crippen LogP contribution >= 0.6 is 0 Å². The Kier molecular flexibility index (Phi) is 5.46. The van der Waals surface area contributed by atoms with Gasteiger partial charge in [-0.15, -0.1) is 0 Å². The monoisotopic (exact) mass is 411 g/mol. The Morgan fingerprint density at radius 2 is 1.74 bits per heavy atom. The second-order valence-electron chi connectivity index (χ2n) is 8.79. The molecule has 1 aromatic heterocycles. The van der Waals surface area contributed by atoms with Crippen molar-refractivity contribution in [3.63, 3.8) is 0 Å². The van der Waals surface area contributed by atoms with E-state index < -0.39 is 0 Å². The van der Waals surface area contributed by atoms with Crippen LogP contribution in [0.15, 0.2) is 66.7 Å². The molecule has 4 aromatic rings. The Bertz CT molecular complexity index is 1220. The number of para-hydroxylation sites is 2. The highest BCUT2D eigenvalue weighted by molar-refractivity contribution is 5.83. The first-order chi connectivity index (χ1) is 15.2. The maximum atomic E-state index is 12.9. The fourth-order valence-electron chi connectivity index (χ4n) is 4.87. The van der Waals surface area contributed by atoms with Crippen molar-refractivity contribution >= 4 is 27.7 Å². The fourth-order valence-corrected chi connectivity index (χ4v) is 4.87. The minimum absolute atomic E-state index is 0.137. The molecule has 1 atom stereocenters. The zero-order chi connectivity index (χ0) is 21.2. The molecule has 0 aliphatic heterocycles. The van der Waals surface area contributed by atoms with Gasteiger partial charge in [-0.2, -0.15) is 0 Å². The highest BCUT2D eigenvalue weighted by Gasteiger charge is 2.25. The van der Waals surface area contributed by atoms with Crippen LogP contribution in [0.3, 0.4) is 0 Å². The first kappa shape index (κ1) is 19.8. The SMILES string of the molecule is CC(NC(=O)C1CCCCC1)c1nc2ccccc2n1Cc1ccc2ccccc2c1. The van der Waals surface area contributed by atoms with E-state index in [1.54, 1.807) is 0 Å². The van der Waals surface area contributed by atoms with Gasteiger partial charge < -0.3 is 9.88 Å². The van der Waals surface area contributed by atoms with Gasteiger partial charge in [-0.25, -0.2) is 4.98 Å². The Balaban J connectivity index is 1.46. The molecule has 0 saturated heterocycles. The molecular weight excluding hydrogens is 382 g/mol. The Morgan fingerprint density at radius 3 is 2.58 bits per heavy atom. The van der Waals surface area contributed by atoms with Crippen molar-refractivity contribution in [3.8, 4) is 0 Å². The molecule has 1 heterocycles. The smallest absolute Gasteiger partial charge is 0.223 e. The van der Waals surface area contributed by atoms with Crippen LogP contribution in [-0.4, -0.2) is 15.5 Å². The van der Waals surface area contributed by atoms with Gasteiger partial charge in [0.25, 0.3) is 0 Å². The van der Waals surface area contributed by atoms with Crippen molar-refractivity contribution in [1.29, 1.82) is 0 Å². The van der Waals surface area contributed by atoms with Gasteiger partial charge in [0.15, 0.2) is 0 Å². The number of aromatic nitrogens is 2. The maximum Gasteiger partial charge on any atom is 0.223 e. The topological polar surface area (TPSA) is 46.9 Å². The van der Waals surface area contributed by atoms with E-state index in [2.05, 4.69) is 71.4 Å². The lowest BCUT2D eigenvalue weighted by atomic mass is 9.88. The van der Waals surface area contributed by atoms with Crippen LogP contribution in [0.5, 0.6) is 0 Å². The molecule has 1 aliphatic carbocycles. The number of hydrogen-bond acceptors (Lipinski definition) is 2. The summed E-state index contributed by atoms with van der Waals surface area (Å²) in [4.78, 5) is 17.8. The average molecular weight is 412 g/mol. The number of carbonyl (C=O) groups excluding carboxylic acids is 1. The van der Waals surface area contributed by atoms with E-state index in [1.165, 1.54) is 22.8 Å². The molecule has 3 aromatic carbocycles. The number of amides is 1. The van der Waals surface area contributed by atoms with Crippen LogP contribution in [0.4, 0.5) is 0 Å². The predicted molar refractivity (Wildman–Crippen MR) is 126 cm³/mol. The van der Waals surface area contributed by atoms with Gasteiger partial charge in [-0.1, -0.05) is 67.8 Å². The summed E-state index contributed by atoms with van der Waals surface area (Å²) in [6.45, 7) is 2.78. The van der Waals surface area contributed by atoms with E-state index in [9.17, 15) is 4.79 Å². The standard InChI is InChI=1S/C27H29N3O/c1-19(28-27(31)22-10-3-2-4-11-22)26-29-24-13-7-8-14-25(24)30(26)18-20-15-16-21-9-5-6-12-23(21)17-20/h5-9,12-17,19,22H,2-4,10-11,18H2,1H3,(H,28,31). The summed E-state index contributed by atoms with van der Waals surface area (Å²) in [6.07, 6.45) is 5.58. The molecule has 1 amide bonds. The zero-order valence-corrected chi connectivity index (χ0v) is 18.1. The number of imidazole rings is 1. The second-order valence-corrected chi connectivity index (χ2v) is 8.79. The number of nitrogens with one attached hydrogen (secondary N) is 1. The molecule has 31 heavy (non-hydrogen) atoms. The van der Waals surface area contributed by atoms with E-state index in [0.29, 0.717) is 0 Å². The maximum absolute atomic E-state index is 12.9. The van der Waals surface area contributed by atoms with Crippen molar-refractivity contribution in [2.24, 2.45) is 5.92 Å². The van der Waals surface area contributed by atoms with Gasteiger partial charge in [0.1, 0.15) is 5.82 Å². The number of hydrogen-bond donors (Lipinski definition) is 1. The molecule has 1 saturated carbocycles. The second kappa shape index (κ2) is 8.54. The van der Waals surface area contributed by atoms with Crippen LogP contribution in [0, 0.1) is 5.92 Å². The fraction of sp³-hybridized carbons (Fsp3) is 0.333. The first-order valence-corrected chi connectivity index (χ1v) is 11.4. The quantitative estimate of drug-likeness (QED) is 0.438. The molecule has 1 aliphatic rings. The molecule has 1 fully saturated rings. The Labute approximate surface area is 183 Å². The molecule has 158 valence electrons. The number of benzene rings is 3. The lowest BCUT2D eigenvalue weighted by Crippen LogP contribution is -2.35. The molecule has 4 heteroatoms. The van der Waals surface area contributed by atoms with Gasteiger partial charge in [0.2, 0.25) is 5.91 Å². The summed E-state index contributed by atoms with van der Waals surface area (Å²) < 4.78 is 2.26. The summed E-state index contributed by atoms with van der Waals surface area (Å²) in [5.74, 6) is 1.24. The minimum Gasteiger partial charge on any atom is -0.346 e. The van der Waals surface area contributed by atoms with Crippen LogP contribution in [0.25, 0.3) is 21.8 Å². The van der Waals surface area contributed by atoms with Crippen LogP contribution in [0.2, 0.25) is 0 Å². The predicted octanol–water partition coefficient (Wildman–Crippen LogP) is 6.00. The van der Waals surface area contributed by atoms with Crippen molar-refractivity contribution in [2.75, 3.05) is 0 Å². The van der Waals surface area contributed by atoms with E-state index in [4.69, 9.17) is 4.98 Å². The van der Waals surface area contributed by atoms with Crippen LogP contribution < -0.4 is 5.32 Å². The molecule has 1 N–H and O–H groups in total. The van der Waals surface area contributed by atoms with Crippen molar-refractivity contribution < 1.29 is 4.79 Å². The van der Waals surface area contributed by atoms with Crippen LogP contribution in [-0.2, 0) is 11.3 Å². The van der Waals surface area contributed by atoms with Gasteiger partial charge in [0.05, 0.1) is 17.1 Å². The Hall–Kier alpha value is -3.14. The normalized spacial score (nSPS) is 15.9. The van der Waals surface area contributed by atoms with E-state index in [1.807, 2.05) is 12.1 Å². The van der Waals surface area contributed by atoms with Crippen molar-refractivity contribution in [2.45, 2.75) is 51.6 Å². The summed E-state index contributed by atoms with van der Waals surface area (Å²) in [5, 5.41) is 5.75. The summed E-state index contributed by atoms with van der Waals surface area (Å²) in [7, 11) is 0. The molecule has 4 nitrogen and oxygen atoms in total. The van der Waals surface area contributed by atoms with E-state index >= 15 is 0 Å². The molecule has 0 radical (unpaired) electrons. The zero-order valence-electron chi connectivity index (χ0n) is 18.1. The highest BCUT2D eigenvalue weighted by atomic mass is 16.1. The third-order valence-electron chi connectivity index (χ3n) is 6.56. The molecule has 1 unspecified atom stereocenters. The Morgan fingerprint density at radius 1 is 1.00 bits per heavy atom. The summed E-state index contributed by atoms with van der Waals surface area (Å²) in [6, 6.07) is 23.1. The number of nitrogens with zero attached hydrogens (tertiary/aromatic N) is 2. The number of carbonyl (C=O) groups is 1.